The Morgan fingerprint density at radius 2 is 1.62 bits per heavy atom. The molecule has 0 atom stereocenters. The van der Waals surface area contributed by atoms with Crippen molar-refractivity contribution in [1.29, 1.82) is 0 Å². The van der Waals surface area contributed by atoms with Crippen LogP contribution in [0.4, 0.5) is 10.1 Å². The summed E-state index contributed by atoms with van der Waals surface area (Å²) in [5.41, 5.74) is 3.86. The summed E-state index contributed by atoms with van der Waals surface area (Å²) in [6.45, 7) is 4.94. The Morgan fingerprint density at radius 3 is 2.31 bits per heavy atom. The third kappa shape index (κ3) is 5.82. The van der Waals surface area contributed by atoms with Gasteiger partial charge in [-0.3, -0.25) is 9.59 Å². The second kappa shape index (κ2) is 10.7. The highest BCUT2D eigenvalue weighted by Crippen LogP contribution is 2.23. The molecule has 0 aromatic heterocycles. The first-order chi connectivity index (χ1) is 15.4. The Balaban J connectivity index is 1.94. The van der Waals surface area contributed by atoms with Gasteiger partial charge in [0.1, 0.15) is 5.82 Å². The fourth-order valence-electron chi connectivity index (χ4n) is 3.61. The molecule has 0 fully saturated rings. The number of carbonyl (C=O) groups is 2. The highest BCUT2D eigenvalue weighted by atomic mass is 19.1. The number of aryl methyl sites for hydroxylation is 1. The van der Waals surface area contributed by atoms with E-state index in [0.717, 1.165) is 23.1 Å². The van der Waals surface area contributed by atoms with Gasteiger partial charge in [-0.2, -0.15) is 0 Å². The molecule has 3 rings (SSSR count). The molecular weight excluding hydrogens is 403 g/mol. The van der Waals surface area contributed by atoms with Crippen molar-refractivity contribution in [3.63, 3.8) is 0 Å². The summed E-state index contributed by atoms with van der Waals surface area (Å²) in [6, 6.07) is 21.1. The van der Waals surface area contributed by atoms with E-state index in [1.54, 1.807) is 29.0 Å². The highest BCUT2D eigenvalue weighted by Gasteiger charge is 2.20. The van der Waals surface area contributed by atoms with Crippen molar-refractivity contribution in [3.8, 4) is 0 Å². The molecule has 3 aromatic carbocycles. The van der Waals surface area contributed by atoms with Gasteiger partial charge in [0.15, 0.2) is 0 Å². The predicted molar refractivity (Wildman–Crippen MR) is 126 cm³/mol. The van der Waals surface area contributed by atoms with Crippen LogP contribution >= 0.6 is 0 Å². The molecule has 3 aromatic rings. The summed E-state index contributed by atoms with van der Waals surface area (Å²) in [7, 11) is 1.80. The average molecular weight is 433 g/mol. The number of rotatable bonds is 8. The number of hydrogen-bond acceptors (Lipinski definition) is 2. The lowest BCUT2D eigenvalue weighted by molar-refractivity contribution is -0.129. The first kappa shape index (κ1) is 23.2. The Hall–Kier alpha value is -3.47. The molecule has 0 saturated carbocycles. The second-order valence-electron chi connectivity index (χ2n) is 7.99. The largest absolute Gasteiger partial charge is 0.345 e. The number of anilines is 1. The van der Waals surface area contributed by atoms with Gasteiger partial charge in [-0.1, -0.05) is 49.4 Å². The highest BCUT2D eigenvalue weighted by molar-refractivity contribution is 6.07. The van der Waals surface area contributed by atoms with Gasteiger partial charge in [-0.15, -0.1) is 0 Å². The van der Waals surface area contributed by atoms with Crippen molar-refractivity contribution in [2.24, 2.45) is 0 Å². The molecule has 0 saturated heterocycles. The molecule has 0 heterocycles. The molecule has 0 aliphatic rings. The summed E-state index contributed by atoms with van der Waals surface area (Å²) in [6.07, 6.45) is 1.17. The summed E-state index contributed by atoms with van der Waals surface area (Å²) in [4.78, 5) is 29.5. The Bertz CT molecular complexity index is 1080. The Kier molecular flexibility index (Phi) is 7.77. The van der Waals surface area contributed by atoms with Crippen LogP contribution in [-0.2, 0) is 17.8 Å². The maximum Gasteiger partial charge on any atom is 0.258 e. The van der Waals surface area contributed by atoms with Crippen molar-refractivity contribution < 1.29 is 14.0 Å². The smallest absolute Gasteiger partial charge is 0.258 e. The minimum atomic E-state index is -0.317. The number of amides is 2. The first-order valence-corrected chi connectivity index (χ1v) is 10.8. The second-order valence-corrected chi connectivity index (χ2v) is 7.99. The van der Waals surface area contributed by atoms with Gasteiger partial charge in [0.25, 0.3) is 5.91 Å². The number of hydrogen-bond donors (Lipinski definition) is 0. The Morgan fingerprint density at radius 1 is 0.906 bits per heavy atom. The maximum atomic E-state index is 13.5. The van der Waals surface area contributed by atoms with Crippen molar-refractivity contribution in [2.75, 3.05) is 18.5 Å². The van der Waals surface area contributed by atoms with Crippen LogP contribution in [0.2, 0.25) is 0 Å². The molecule has 5 heteroatoms. The zero-order chi connectivity index (χ0) is 23.1. The molecule has 0 bridgehead atoms. The van der Waals surface area contributed by atoms with E-state index >= 15 is 0 Å². The molecule has 2 amide bonds. The summed E-state index contributed by atoms with van der Waals surface area (Å²) in [5.74, 6) is -0.416. The minimum absolute atomic E-state index is 0.0410. The number of halogens is 1. The summed E-state index contributed by atoms with van der Waals surface area (Å²) in [5, 5.41) is 0. The first-order valence-electron chi connectivity index (χ1n) is 10.8. The fourth-order valence-corrected chi connectivity index (χ4v) is 3.61. The number of benzene rings is 3. The summed E-state index contributed by atoms with van der Waals surface area (Å²) >= 11 is 0. The number of nitrogens with zero attached hydrogens (tertiary/aromatic N) is 2. The van der Waals surface area contributed by atoms with E-state index in [1.165, 1.54) is 12.1 Å². The van der Waals surface area contributed by atoms with E-state index in [0.29, 0.717) is 24.3 Å². The van der Waals surface area contributed by atoms with Crippen LogP contribution in [0, 0.1) is 12.7 Å². The zero-order valence-corrected chi connectivity index (χ0v) is 18.8. The fraction of sp³-hybridized carbons (Fsp3) is 0.259. The van der Waals surface area contributed by atoms with Gasteiger partial charge < -0.3 is 9.80 Å². The Labute approximate surface area is 189 Å². The van der Waals surface area contributed by atoms with Crippen LogP contribution in [0.1, 0.15) is 40.4 Å². The minimum Gasteiger partial charge on any atom is -0.345 e. The third-order valence-corrected chi connectivity index (χ3v) is 5.44. The van der Waals surface area contributed by atoms with Crippen molar-refractivity contribution in [3.05, 3.63) is 101 Å². The van der Waals surface area contributed by atoms with Gasteiger partial charge in [-0.05, 0) is 60.4 Å². The molecule has 0 radical (unpaired) electrons. The van der Waals surface area contributed by atoms with Crippen LogP contribution in [0.25, 0.3) is 0 Å². The van der Waals surface area contributed by atoms with Gasteiger partial charge in [0.2, 0.25) is 5.91 Å². The van der Waals surface area contributed by atoms with Crippen LogP contribution in [-0.4, -0.2) is 30.3 Å². The molecule has 0 spiro atoms. The van der Waals surface area contributed by atoms with E-state index in [4.69, 9.17) is 0 Å². The molecule has 166 valence electrons. The molecule has 32 heavy (non-hydrogen) atoms. The van der Waals surface area contributed by atoms with Crippen LogP contribution < -0.4 is 4.90 Å². The van der Waals surface area contributed by atoms with Gasteiger partial charge in [0.05, 0.1) is 13.0 Å². The topological polar surface area (TPSA) is 40.6 Å². The van der Waals surface area contributed by atoms with E-state index in [2.05, 4.69) is 0 Å². The summed E-state index contributed by atoms with van der Waals surface area (Å²) < 4.78 is 13.4. The lowest BCUT2D eigenvalue weighted by Gasteiger charge is -2.25. The van der Waals surface area contributed by atoms with E-state index < -0.39 is 0 Å². The van der Waals surface area contributed by atoms with Crippen molar-refractivity contribution in [1.82, 2.24) is 4.90 Å². The molecule has 0 N–H and O–H groups in total. The molecule has 0 aliphatic carbocycles. The predicted octanol–water partition coefficient (Wildman–Crippen LogP) is 5.39. The van der Waals surface area contributed by atoms with Gasteiger partial charge in [-0.25, -0.2) is 4.39 Å². The molecular formula is C27H29FN2O2. The van der Waals surface area contributed by atoms with Crippen molar-refractivity contribution >= 4 is 17.5 Å². The number of carbonyl (C=O) groups excluding carboxylic acids is 2. The van der Waals surface area contributed by atoms with E-state index in [-0.39, 0.29) is 24.1 Å². The SMILES string of the molecule is CCCN(C)C(=O)Cc1cccc(N(Cc2ccc(F)cc2)C(=O)c2ccccc2C)c1. The number of likely N-dealkylation sites (N-methyl/N-ethyl adjacent to an activating group) is 1. The van der Waals surface area contributed by atoms with E-state index in [1.807, 2.05) is 62.4 Å². The van der Waals surface area contributed by atoms with E-state index in [9.17, 15) is 14.0 Å². The quantitative estimate of drug-likeness (QED) is 0.479. The van der Waals surface area contributed by atoms with Crippen molar-refractivity contribution in [2.45, 2.75) is 33.2 Å². The maximum absolute atomic E-state index is 13.5. The normalized spacial score (nSPS) is 10.6. The van der Waals surface area contributed by atoms with Gasteiger partial charge >= 0.3 is 0 Å². The lowest BCUT2D eigenvalue weighted by Crippen LogP contribution is -2.31. The van der Waals surface area contributed by atoms with Crippen LogP contribution in [0.5, 0.6) is 0 Å². The molecule has 0 aliphatic heterocycles. The van der Waals surface area contributed by atoms with Gasteiger partial charge in [0, 0.05) is 24.8 Å². The average Bonchev–Trinajstić information content (AvgIpc) is 2.79. The molecule has 0 unspecified atom stereocenters. The monoisotopic (exact) mass is 432 g/mol. The third-order valence-electron chi connectivity index (χ3n) is 5.44. The lowest BCUT2D eigenvalue weighted by atomic mass is 10.1. The molecule has 4 nitrogen and oxygen atoms in total. The standard InChI is InChI=1S/C27H29FN2O2/c1-4-16-29(3)26(31)18-22-9-7-10-24(17-22)30(19-21-12-14-23(28)15-13-21)27(32)25-11-6-5-8-20(25)2/h5-15,17H,4,16,18-19H2,1-3H3. The van der Waals surface area contributed by atoms with Crippen LogP contribution in [0.15, 0.2) is 72.8 Å². The van der Waals surface area contributed by atoms with Crippen LogP contribution in [0.3, 0.4) is 0 Å². The zero-order valence-electron chi connectivity index (χ0n) is 18.8.